The maximum Gasteiger partial charge on any atom is 0.137 e. The van der Waals surface area contributed by atoms with E-state index in [9.17, 15) is 9.18 Å². The van der Waals surface area contributed by atoms with Gasteiger partial charge in [-0.1, -0.05) is 26.0 Å². The summed E-state index contributed by atoms with van der Waals surface area (Å²) >= 11 is 0. The van der Waals surface area contributed by atoms with Crippen molar-refractivity contribution in [2.24, 2.45) is 17.6 Å². The van der Waals surface area contributed by atoms with Crippen LogP contribution in [-0.2, 0) is 11.2 Å². The summed E-state index contributed by atoms with van der Waals surface area (Å²) in [6.45, 7) is 4.78. The molecule has 0 aromatic heterocycles. The second-order valence-electron chi connectivity index (χ2n) is 5.28. The number of hydrogen-bond donors (Lipinski definition) is 1. The van der Waals surface area contributed by atoms with Gasteiger partial charge in [0.15, 0.2) is 0 Å². The van der Waals surface area contributed by atoms with Crippen LogP contribution in [-0.4, -0.2) is 12.3 Å². The van der Waals surface area contributed by atoms with Crippen LogP contribution in [0.2, 0.25) is 0 Å². The first-order chi connectivity index (χ1) is 8.51. The minimum absolute atomic E-state index is 0.136. The molecule has 0 aliphatic carbocycles. The Labute approximate surface area is 108 Å². The zero-order chi connectivity index (χ0) is 13.5. The van der Waals surface area contributed by atoms with Gasteiger partial charge in [0.05, 0.1) is 0 Å². The van der Waals surface area contributed by atoms with E-state index in [1.807, 2.05) is 0 Å². The monoisotopic (exact) mass is 251 g/mol. The molecule has 0 aliphatic heterocycles. The molecule has 0 saturated carbocycles. The summed E-state index contributed by atoms with van der Waals surface area (Å²) in [7, 11) is 0. The fraction of sp³-hybridized carbons (Fsp3) is 0.533. The van der Waals surface area contributed by atoms with Crippen molar-refractivity contribution >= 4 is 5.78 Å². The van der Waals surface area contributed by atoms with E-state index in [1.54, 1.807) is 12.1 Å². The predicted molar refractivity (Wildman–Crippen MR) is 71.7 cm³/mol. The number of benzene rings is 1. The SMILES string of the molecule is CC(C)CC(CN)CC(=O)Cc1cccc(F)c1. The van der Waals surface area contributed by atoms with Gasteiger partial charge in [-0.05, 0) is 42.5 Å². The molecule has 100 valence electrons. The molecule has 0 heterocycles. The number of halogens is 1. The highest BCUT2D eigenvalue weighted by Crippen LogP contribution is 2.16. The Morgan fingerprint density at radius 1 is 1.39 bits per heavy atom. The van der Waals surface area contributed by atoms with Crippen LogP contribution >= 0.6 is 0 Å². The van der Waals surface area contributed by atoms with E-state index in [1.165, 1.54) is 12.1 Å². The topological polar surface area (TPSA) is 43.1 Å². The summed E-state index contributed by atoms with van der Waals surface area (Å²) < 4.78 is 13.0. The third-order valence-corrected chi connectivity index (χ3v) is 2.94. The van der Waals surface area contributed by atoms with Crippen LogP contribution in [0.3, 0.4) is 0 Å². The molecule has 0 saturated heterocycles. The van der Waals surface area contributed by atoms with E-state index in [4.69, 9.17) is 5.73 Å². The van der Waals surface area contributed by atoms with Crippen LogP contribution in [0.1, 0.15) is 32.3 Å². The summed E-state index contributed by atoms with van der Waals surface area (Å²) in [5, 5.41) is 0. The largest absolute Gasteiger partial charge is 0.330 e. The van der Waals surface area contributed by atoms with Gasteiger partial charge in [-0.15, -0.1) is 0 Å². The van der Waals surface area contributed by atoms with Gasteiger partial charge in [-0.25, -0.2) is 4.39 Å². The van der Waals surface area contributed by atoms with E-state index in [0.717, 1.165) is 12.0 Å². The molecule has 0 aliphatic rings. The Bertz CT molecular complexity index is 390. The Hall–Kier alpha value is -1.22. The number of hydrogen-bond acceptors (Lipinski definition) is 2. The number of ketones is 1. The van der Waals surface area contributed by atoms with E-state index in [-0.39, 0.29) is 17.5 Å². The second-order valence-corrected chi connectivity index (χ2v) is 5.28. The Morgan fingerprint density at radius 2 is 2.11 bits per heavy atom. The van der Waals surface area contributed by atoms with E-state index < -0.39 is 0 Å². The number of rotatable bonds is 7. The van der Waals surface area contributed by atoms with Crippen molar-refractivity contribution in [1.29, 1.82) is 0 Å². The molecule has 0 radical (unpaired) electrons. The summed E-state index contributed by atoms with van der Waals surface area (Å²) in [5.41, 5.74) is 6.41. The molecule has 18 heavy (non-hydrogen) atoms. The van der Waals surface area contributed by atoms with Crippen molar-refractivity contribution in [3.63, 3.8) is 0 Å². The molecule has 1 aromatic rings. The van der Waals surface area contributed by atoms with Crippen molar-refractivity contribution < 1.29 is 9.18 Å². The van der Waals surface area contributed by atoms with E-state index >= 15 is 0 Å². The lowest BCUT2D eigenvalue weighted by Crippen LogP contribution is -2.20. The van der Waals surface area contributed by atoms with Crippen molar-refractivity contribution in [2.75, 3.05) is 6.54 Å². The minimum Gasteiger partial charge on any atom is -0.330 e. The van der Waals surface area contributed by atoms with E-state index in [2.05, 4.69) is 13.8 Å². The fourth-order valence-electron chi connectivity index (χ4n) is 2.20. The van der Waals surface area contributed by atoms with Crippen molar-refractivity contribution in [3.8, 4) is 0 Å². The molecule has 1 aromatic carbocycles. The highest BCUT2D eigenvalue weighted by molar-refractivity contribution is 5.81. The highest BCUT2D eigenvalue weighted by atomic mass is 19.1. The average molecular weight is 251 g/mol. The van der Waals surface area contributed by atoms with Gasteiger partial charge in [0, 0.05) is 12.8 Å². The average Bonchev–Trinajstić information content (AvgIpc) is 2.27. The minimum atomic E-state index is -0.294. The van der Waals surface area contributed by atoms with Gasteiger partial charge in [-0.3, -0.25) is 4.79 Å². The summed E-state index contributed by atoms with van der Waals surface area (Å²) in [5.74, 6) is 0.626. The van der Waals surface area contributed by atoms with Gasteiger partial charge in [0.1, 0.15) is 11.6 Å². The van der Waals surface area contributed by atoms with Crippen LogP contribution < -0.4 is 5.73 Å². The third-order valence-electron chi connectivity index (χ3n) is 2.94. The second kappa shape index (κ2) is 7.27. The zero-order valence-corrected chi connectivity index (χ0v) is 11.2. The van der Waals surface area contributed by atoms with Crippen LogP contribution in [0.15, 0.2) is 24.3 Å². The summed E-state index contributed by atoms with van der Waals surface area (Å²) in [6.07, 6.45) is 1.75. The molecule has 2 N–H and O–H groups in total. The molecule has 1 atom stereocenters. The molecule has 0 amide bonds. The standard InChI is InChI=1S/C15H22FNO/c1-11(2)6-13(10-17)9-15(18)8-12-4-3-5-14(16)7-12/h3-5,7,11,13H,6,8-10,17H2,1-2H3. The molecule has 0 spiro atoms. The fourth-order valence-corrected chi connectivity index (χ4v) is 2.20. The Balaban J connectivity index is 2.50. The summed E-state index contributed by atoms with van der Waals surface area (Å²) in [4.78, 5) is 11.9. The number of carbonyl (C=O) groups excluding carboxylic acids is 1. The van der Waals surface area contributed by atoms with Gasteiger partial charge < -0.3 is 5.73 Å². The molecule has 1 rings (SSSR count). The lowest BCUT2D eigenvalue weighted by molar-refractivity contribution is -0.119. The summed E-state index contributed by atoms with van der Waals surface area (Å²) in [6, 6.07) is 6.21. The van der Waals surface area contributed by atoms with Gasteiger partial charge in [0.2, 0.25) is 0 Å². The molecule has 3 heteroatoms. The lowest BCUT2D eigenvalue weighted by Gasteiger charge is -2.16. The first-order valence-corrected chi connectivity index (χ1v) is 6.47. The highest BCUT2D eigenvalue weighted by Gasteiger charge is 2.14. The number of Topliss-reactive ketones (excluding diaryl/α,β-unsaturated/α-hetero) is 1. The number of nitrogens with two attached hydrogens (primary N) is 1. The van der Waals surface area contributed by atoms with Crippen LogP contribution in [0.5, 0.6) is 0 Å². The first-order valence-electron chi connectivity index (χ1n) is 6.47. The Morgan fingerprint density at radius 3 is 2.67 bits per heavy atom. The predicted octanol–water partition coefficient (Wildman–Crippen LogP) is 2.95. The lowest BCUT2D eigenvalue weighted by atomic mass is 9.91. The van der Waals surface area contributed by atoms with Gasteiger partial charge in [-0.2, -0.15) is 0 Å². The van der Waals surface area contributed by atoms with Crippen molar-refractivity contribution in [1.82, 2.24) is 0 Å². The Kier molecular flexibility index (Phi) is 5.99. The molecule has 2 nitrogen and oxygen atoms in total. The van der Waals surface area contributed by atoms with Crippen molar-refractivity contribution in [2.45, 2.75) is 33.1 Å². The van der Waals surface area contributed by atoms with Crippen LogP contribution in [0.4, 0.5) is 4.39 Å². The normalized spacial score (nSPS) is 12.7. The molecular weight excluding hydrogens is 229 g/mol. The molecular formula is C15H22FNO. The zero-order valence-electron chi connectivity index (χ0n) is 11.2. The number of carbonyl (C=O) groups is 1. The van der Waals surface area contributed by atoms with E-state index in [0.29, 0.717) is 25.3 Å². The van der Waals surface area contributed by atoms with Crippen molar-refractivity contribution in [3.05, 3.63) is 35.6 Å². The molecule has 0 bridgehead atoms. The first kappa shape index (κ1) is 14.8. The third kappa shape index (κ3) is 5.41. The molecule has 0 fully saturated rings. The maximum atomic E-state index is 13.0. The van der Waals surface area contributed by atoms with Crippen LogP contribution in [0, 0.1) is 17.7 Å². The van der Waals surface area contributed by atoms with Crippen LogP contribution in [0.25, 0.3) is 0 Å². The van der Waals surface area contributed by atoms with Gasteiger partial charge >= 0.3 is 0 Å². The smallest absolute Gasteiger partial charge is 0.137 e. The quantitative estimate of drug-likeness (QED) is 0.809. The van der Waals surface area contributed by atoms with Gasteiger partial charge in [0.25, 0.3) is 0 Å². The molecule has 1 unspecified atom stereocenters. The maximum absolute atomic E-state index is 13.0.